The molecule has 4 aromatic rings. The molecule has 0 aliphatic heterocycles. The van der Waals surface area contributed by atoms with Gasteiger partial charge in [0.1, 0.15) is 11.5 Å². The van der Waals surface area contributed by atoms with Crippen molar-refractivity contribution in [1.29, 1.82) is 0 Å². The largest absolute Gasteiger partial charge is 0.497 e. The van der Waals surface area contributed by atoms with E-state index < -0.39 is 10.0 Å². The molecule has 32 heavy (non-hydrogen) atoms. The Bertz CT molecular complexity index is 1360. The molecule has 0 saturated heterocycles. The zero-order chi connectivity index (χ0) is 22.9. The molecule has 0 fully saturated rings. The fourth-order valence-electron chi connectivity index (χ4n) is 3.38. The third-order valence-corrected chi connectivity index (χ3v) is 7.83. The number of nitrogens with zero attached hydrogens (tertiary/aromatic N) is 3. The molecule has 10 heteroatoms. The maximum absolute atomic E-state index is 12.6. The normalized spacial score (nSPS) is 11.8. The van der Waals surface area contributed by atoms with Crippen LogP contribution >= 0.6 is 11.3 Å². The fraction of sp³-hybridized carbons (Fsp3) is 0.273. The van der Waals surface area contributed by atoms with Crippen LogP contribution in [-0.2, 0) is 16.4 Å². The SMILES string of the molecule is COc1ccc(-c2nc3sc(CCNS(=O)(=O)c4ccc(OC)c(C)c4)c(C)n3n2)cc1. The fourth-order valence-corrected chi connectivity index (χ4v) is 5.55. The number of fused-ring (bicyclic) bond motifs is 1. The lowest BCUT2D eigenvalue weighted by molar-refractivity contribution is 0.411. The van der Waals surface area contributed by atoms with Crippen LogP contribution in [0.3, 0.4) is 0 Å². The van der Waals surface area contributed by atoms with Gasteiger partial charge >= 0.3 is 0 Å². The lowest BCUT2D eigenvalue weighted by Gasteiger charge is -2.09. The number of thiazole rings is 1. The van der Waals surface area contributed by atoms with Crippen LogP contribution in [-0.4, -0.2) is 43.8 Å². The van der Waals surface area contributed by atoms with E-state index in [1.165, 1.54) is 11.3 Å². The van der Waals surface area contributed by atoms with E-state index in [0.717, 1.165) is 32.4 Å². The summed E-state index contributed by atoms with van der Waals surface area (Å²) >= 11 is 1.51. The first-order valence-corrected chi connectivity index (χ1v) is 12.3. The summed E-state index contributed by atoms with van der Waals surface area (Å²) in [5.41, 5.74) is 2.63. The number of nitrogens with one attached hydrogen (secondary N) is 1. The first kappa shape index (κ1) is 22.3. The molecule has 1 N–H and O–H groups in total. The van der Waals surface area contributed by atoms with Gasteiger partial charge in [-0.25, -0.2) is 17.7 Å². The predicted molar refractivity (Wildman–Crippen MR) is 124 cm³/mol. The smallest absolute Gasteiger partial charge is 0.240 e. The number of hydrogen-bond acceptors (Lipinski definition) is 7. The Hall–Kier alpha value is -2.95. The van der Waals surface area contributed by atoms with E-state index in [0.29, 0.717) is 18.0 Å². The first-order valence-electron chi connectivity index (χ1n) is 9.96. The Kier molecular flexibility index (Phi) is 6.18. The molecule has 0 unspecified atom stereocenters. The van der Waals surface area contributed by atoms with Crippen LogP contribution in [0.1, 0.15) is 16.1 Å². The molecule has 8 nitrogen and oxygen atoms in total. The van der Waals surface area contributed by atoms with E-state index in [1.54, 1.807) is 36.9 Å². The van der Waals surface area contributed by atoms with Crippen LogP contribution < -0.4 is 14.2 Å². The van der Waals surface area contributed by atoms with Crippen molar-refractivity contribution in [2.45, 2.75) is 25.2 Å². The van der Waals surface area contributed by atoms with Gasteiger partial charge in [-0.1, -0.05) is 11.3 Å². The van der Waals surface area contributed by atoms with E-state index in [2.05, 4.69) is 14.8 Å². The van der Waals surface area contributed by atoms with E-state index in [9.17, 15) is 8.42 Å². The minimum Gasteiger partial charge on any atom is -0.497 e. The zero-order valence-corrected chi connectivity index (χ0v) is 19.9. The van der Waals surface area contributed by atoms with Gasteiger partial charge in [0.05, 0.1) is 24.8 Å². The Morgan fingerprint density at radius 2 is 1.81 bits per heavy atom. The molecule has 0 aliphatic rings. The quantitative estimate of drug-likeness (QED) is 0.421. The van der Waals surface area contributed by atoms with Crippen molar-refractivity contribution in [3.63, 3.8) is 0 Å². The number of ether oxygens (including phenoxy) is 2. The Labute approximate surface area is 190 Å². The standard InChI is InChI=1S/C22H24N4O4S2/c1-14-13-18(9-10-19(14)30-4)32(27,28)23-12-11-20-15(2)26-22(31-20)24-21(25-26)16-5-7-17(29-3)8-6-16/h5-10,13,23H,11-12H2,1-4H3. The molecule has 0 amide bonds. The van der Waals surface area contributed by atoms with Crippen LogP contribution in [0, 0.1) is 13.8 Å². The van der Waals surface area contributed by atoms with Crippen molar-refractivity contribution in [3.05, 3.63) is 58.6 Å². The van der Waals surface area contributed by atoms with Crippen LogP contribution in [0.15, 0.2) is 47.4 Å². The summed E-state index contributed by atoms with van der Waals surface area (Å²) in [5.74, 6) is 2.08. The van der Waals surface area contributed by atoms with Gasteiger partial charge in [-0.05, 0) is 68.3 Å². The van der Waals surface area contributed by atoms with Gasteiger partial charge in [-0.3, -0.25) is 0 Å². The molecule has 0 spiro atoms. The van der Waals surface area contributed by atoms with Crippen molar-refractivity contribution in [1.82, 2.24) is 19.3 Å². The van der Waals surface area contributed by atoms with Crippen molar-refractivity contribution >= 4 is 26.3 Å². The van der Waals surface area contributed by atoms with Crippen LogP contribution in [0.25, 0.3) is 16.3 Å². The second-order valence-corrected chi connectivity index (χ2v) is 10.1. The topological polar surface area (TPSA) is 94.8 Å². The third kappa shape index (κ3) is 4.34. The first-order chi connectivity index (χ1) is 15.3. The van der Waals surface area contributed by atoms with Crippen molar-refractivity contribution in [3.8, 4) is 22.9 Å². The second-order valence-electron chi connectivity index (χ2n) is 7.25. The highest BCUT2D eigenvalue weighted by Gasteiger charge is 2.17. The average molecular weight is 473 g/mol. The molecule has 4 rings (SSSR count). The predicted octanol–water partition coefficient (Wildman–Crippen LogP) is 3.61. The van der Waals surface area contributed by atoms with E-state index in [1.807, 2.05) is 38.1 Å². The molecule has 2 heterocycles. The lowest BCUT2D eigenvalue weighted by atomic mass is 10.2. The summed E-state index contributed by atoms with van der Waals surface area (Å²) in [4.78, 5) is 6.66. The number of aromatic nitrogens is 3. The number of benzene rings is 2. The van der Waals surface area contributed by atoms with Gasteiger partial charge < -0.3 is 9.47 Å². The zero-order valence-electron chi connectivity index (χ0n) is 18.2. The highest BCUT2D eigenvalue weighted by Crippen LogP contribution is 2.26. The van der Waals surface area contributed by atoms with Crippen molar-refractivity contribution < 1.29 is 17.9 Å². The van der Waals surface area contributed by atoms with Crippen molar-refractivity contribution in [2.75, 3.05) is 20.8 Å². The Morgan fingerprint density at radius 3 is 2.44 bits per heavy atom. The van der Waals surface area contributed by atoms with Gasteiger partial charge in [0.25, 0.3) is 0 Å². The maximum atomic E-state index is 12.6. The monoisotopic (exact) mass is 472 g/mol. The highest BCUT2D eigenvalue weighted by atomic mass is 32.2. The number of aryl methyl sites for hydroxylation is 2. The van der Waals surface area contributed by atoms with Gasteiger partial charge in [-0.2, -0.15) is 4.98 Å². The molecule has 0 radical (unpaired) electrons. The van der Waals surface area contributed by atoms with E-state index in [4.69, 9.17) is 9.47 Å². The van der Waals surface area contributed by atoms with E-state index in [-0.39, 0.29) is 11.4 Å². The number of methoxy groups -OCH3 is 2. The summed E-state index contributed by atoms with van der Waals surface area (Å²) in [6.07, 6.45) is 0.549. The van der Waals surface area contributed by atoms with Crippen LogP contribution in [0.5, 0.6) is 11.5 Å². The van der Waals surface area contributed by atoms with Crippen LogP contribution in [0.4, 0.5) is 0 Å². The molecule has 168 valence electrons. The summed E-state index contributed by atoms with van der Waals surface area (Å²) in [6.45, 7) is 4.06. The Morgan fingerprint density at radius 1 is 1.06 bits per heavy atom. The lowest BCUT2D eigenvalue weighted by Crippen LogP contribution is -2.26. The molecular formula is C22H24N4O4S2. The summed E-state index contributed by atoms with van der Waals surface area (Å²) in [5, 5.41) is 4.61. The van der Waals surface area contributed by atoms with Crippen LogP contribution in [0.2, 0.25) is 0 Å². The number of sulfonamides is 1. The molecular weight excluding hydrogens is 448 g/mol. The molecule has 0 atom stereocenters. The van der Waals surface area contributed by atoms with Gasteiger partial charge in [0.2, 0.25) is 15.0 Å². The molecule has 0 bridgehead atoms. The van der Waals surface area contributed by atoms with Gasteiger partial charge in [-0.15, -0.1) is 5.10 Å². The van der Waals surface area contributed by atoms with Crippen molar-refractivity contribution in [2.24, 2.45) is 0 Å². The summed E-state index contributed by atoms with van der Waals surface area (Å²) in [7, 11) is -0.418. The number of hydrogen-bond donors (Lipinski definition) is 1. The van der Waals surface area contributed by atoms with E-state index >= 15 is 0 Å². The summed E-state index contributed by atoms with van der Waals surface area (Å²) in [6, 6.07) is 12.4. The molecule has 0 aliphatic carbocycles. The Balaban J connectivity index is 1.46. The average Bonchev–Trinajstić information content (AvgIpc) is 3.33. The molecule has 2 aromatic carbocycles. The minimum atomic E-state index is -3.61. The molecule has 0 saturated carbocycles. The molecule has 2 aromatic heterocycles. The minimum absolute atomic E-state index is 0.222. The maximum Gasteiger partial charge on any atom is 0.240 e. The van der Waals surface area contributed by atoms with Gasteiger partial charge in [0.15, 0.2) is 5.82 Å². The third-order valence-electron chi connectivity index (χ3n) is 5.18. The van der Waals surface area contributed by atoms with Gasteiger partial charge in [0, 0.05) is 17.0 Å². The number of rotatable bonds is 8. The highest BCUT2D eigenvalue weighted by molar-refractivity contribution is 7.89. The summed E-state index contributed by atoms with van der Waals surface area (Å²) < 4.78 is 40.2. The second kappa shape index (κ2) is 8.89.